The van der Waals surface area contributed by atoms with Crippen LogP contribution in [0.25, 0.3) is 0 Å². The Morgan fingerprint density at radius 2 is 1.87 bits per heavy atom. The molecule has 4 heterocycles. The lowest BCUT2D eigenvalue weighted by molar-refractivity contribution is 0.0876. The third-order valence-electron chi connectivity index (χ3n) is 6.48. The molecule has 11 heteroatoms. The van der Waals surface area contributed by atoms with Crippen molar-refractivity contribution in [1.82, 2.24) is 24.2 Å². The number of fused-ring (bicyclic) bond motifs is 3. The molecular formula is C20H24N6O4S. The minimum Gasteiger partial charge on any atom is -0.335 e. The van der Waals surface area contributed by atoms with E-state index in [9.17, 15) is 18.0 Å². The first-order valence-electron chi connectivity index (χ1n) is 10.3. The van der Waals surface area contributed by atoms with Gasteiger partial charge in [0.15, 0.2) is 0 Å². The number of rotatable bonds is 3. The molecule has 0 atom stereocenters. The van der Waals surface area contributed by atoms with E-state index in [0.717, 1.165) is 38.4 Å². The summed E-state index contributed by atoms with van der Waals surface area (Å²) in [5.41, 5.74) is 1.72. The van der Waals surface area contributed by atoms with E-state index < -0.39 is 15.7 Å². The van der Waals surface area contributed by atoms with Crippen molar-refractivity contribution in [3.05, 3.63) is 45.3 Å². The summed E-state index contributed by atoms with van der Waals surface area (Å²) in [6, 6.07) is 1.66. The molecular weight excluding hydrogens is 420 g/mol. The van der Waals surface area contributed by atoms with E-state index >= 15 is 0 Å². The summed E-state index contributed by atoms with van der Waals surface area (Å²) in [7, 11) is -3.38. The second-order valence-corrected chi connectivity index (χ2v) is 10.6. The van der Waals surface area contributed by atoms with Crippen LogP contribution < -0.4 is 16.2 Å². The van der Waals surface area contributed by atoms with Crippen molar-refractivity contribution in [2.24, 2.45) is 0 Å². The van der Waals surface area contributed by atoms with Crippen molar-refractivity contribution in [3.8, 4) is 0 Å². The first kappa shape index (κ1) is 20.1. The van der Waals surface area contributed by atoms with Crippen LogP contribution in [0, 0.1) is 6.92 Å². The van der Waals surface area contributed by atoms with Gasteiger partial charge in [-0.15, -0.1) is 0 Å². The molecule has 2 N–H and O–H groups in total. The Labute approximate surface area is 179 Å². The fourth-order valence-electron chi connectivity index (χ4n) is 4.96. The zero-order valence-electron chi connectivity index (χ0n) is 17.4. The van der Waals surface area contributed by atoms with Gasteiger partial charge < -0.3 is 10.6 Å². The molecule has 10 nitrogen and oxygen atoms in total. The highest BCUT2D eigenvalue weighted by Gasteiger charge is 2.45. The molecule has 2 aromatic heterocycles. The molecule has 2 aliphatic heterocycles. The minimum absolute atomic E-state index is 0.145. The Morgan fingerprint density at radius 1 is 1.13 bits per heavy atom. The highest BCUT2D eigenvalue weighted by atomic mass is 32.2. The SMILES string of the molecule is Cc1cc(Nc2ncnc3c2CN(S(C)(=O)=O)C3)c(=O)n2c1C(=O)NC21CCCCC1. The number of sulfonamides is 1. The molecule has 31 heavy (non-hydrogen) atoms. The number of hydrogen-bond donors (Lipinski definition) is 2. The summed E-state index contributed by atoms with van der Waals surface area (Å²) in [5.74, 6) is 0.193. The van der Waals surface area contributed by atoms with Crippen LogP contribution >= 0.6 is 0 Å². The molecule has 3 aliphatic rings. The quantitative estimate of drug-likeness (QED) is 0.731. The molecule has 1 fully saturated rings. The minimum atomic E-state index is -3.38. The summed E-state index contributed by atoms with van der Waals surface area (Å²) < 4.78 is 26.9. The molecule has 1 aliphatic carbocycles. The van der Waals surface area contributed by atoms with E-state index in [2.05, 4.69) is 20.6 Å². The van der Waals surface area contributed by atoms with Crippen molar-refractivity contribution in [2.75, 3.05) is 11.6 Å². The van der Waals surface area contributed by atoms with Crippen LogP contribution in [0.5, 0.6) is 0 Å². The monoisotopic (exact) mass is 444 g/mol. The lowest BCUT2D eigenvalue weighted by Crippen LogP contribution is -2.48. The maximum Gasteiger partial charge on any atom is 0.276 e. The highest BCUT2D eigenvalue weighted by Crippen LogP contribution is 2.38. The molecule has 0 saturated heterocycles. The van der Waals surface area contributed by atoms with Crippen molar-refractivity contribution in [3.63, 3.8) is 0 Å². The molecule has 1 amide bonds. The Balaban J connectivity index is 1.57. The van der Waals surface area contributed by atoms with E-state index in [4.69, 9.17) is 0 Å². The van der Waals surface area contributed by atoms with E-state index in [1.807, 2.05) is 6.92 Å². The zero-order valence-corrected chi connectivity index (χ0v) is 18.3. The van der Waals surface area contributed by atoms with Gasteiger partial charge in [0.1, 0.15) is 29.2 Å². The Morgan fingerprint density at radius 3 is 2.58 bits per heavy atom. The van der Waals surface area contributed by atoms with E-state index in [-0.39, 0.29) is 24.6 Å². The number of nitrogens with one attached hydrogen (secondary N) is 2. The van der Waals surface area contributed by atoms with Crippen molar-refractivity contribution in [2.45, 2.75) is 57.8 Å². The third-order valence-corrected chi connectivity index (χ3v) is 7.68. The van der Waals surface area contributed by atoms with Gasteiger partial charge in [0.25, 0.3) is 11.5 Å². The number of carbonyl (C=O) groups excluding carboxylic acids is 1. The molecule has 164 valence electrons. The van der Waals surface area contributed by atoms with Gasteiger partial charge >= 0.3 is 0 Å². The number of amides is 1. The molecule has 0 unspecified atom stereocenters. The topological polar surface area (TPSA) is 126 Å². The van der Waals surface area contributed by atoms with Crippen LogP contribution in [0.15, 0.2) is 17.2 Å². The fourth-order valence-corrected chi connectivity index (χ4v) is 5.68. The average Bonchev–Trinajstić information content (AvgIpc) is 3.27. The molecule has 0 radical (unpaired) electrons. The Hall–Kier alpha value is -2.79. The molecule has 5 rings (SSSR count). The first-order valence-corrected chi connectivity index (χ1v) is 12.2. The van der Waals surface area contributed by atoms with Crippen LogP contribution in [-0.4, -0.2) is 39.4 Å². The van der Waals surface area contributed by atoms with E-state index in [1.165, 1.54) is 10.6 Å². The number of hydrogen-bond acceptors (Lipinski definition) is 7. The fraction of sp³-hybridized carbons (Fsp3) is 0.500. The number of pyridine rings is 1. The summed E-state index contributed by atoms with van der Waals surface area (Å²) in [6.07, 6.45) is 6.94. The normalized spacial score (nSPS) is 19.9. The van der Waals surface area contributed by atoms with Gasteiger partial charge in [-0.1, -0.05) is 6.42 Å². The summed E-state index contributed by atoms with van der Waals surface area (Å²) >= 11 is 0. The summed E-state index contributed by atoms with van der Waals surface area (Å²) in [4.78, 5) is 34.7. The highest BCUT2D eigenvalue weighted by molar-refractivity contribution is 7.88. The van der Waals surface area contributed by atoms with Crippen LogP contribution in [0.3, 0.4) is 0 Å². The van der Waals surface area contributed by atoms with Gasteiger partial charge in [-0.05, 0) is 44.2 Å². The van der Waals surface area contributed by atoms with Crippen molar-refractivity contribution in [1.29, 1.82) is 0 Å². The van der Waals surface area contributed by atoms with Gasteiger partial charge in [0.05, 0.1) is 18.5 Å². The lowest BCUT2D eigenvalue weighted by atomic mass is 9.89. The van der Waals surface area contributed by atoms with Crippen LogP contribution in [0.1, 0.15) is 59.4 Å². The van der Waals surface area contributed by atoms with Crippen molar-refractivity contribution >= 4 is 27.4 Å². The van der Waals surface area contributed by atoms with E-state index in [0.29, 0.717) is 34.0 Å². The molecule has 1 spiro atoms. The predicted molar refractivity (Wildman–Crippen MR) is 113 cm³/mol. The van der Waals surface area contributed by atoms with Crippen LogP contribution in [0.2, 0.25) is 0 Å². The number of aryl methyl sites for hydroxylation is 1. The number of anilines is 2. The second kappa shape index (κ2) is 6.86. The number of nitrogens with zero attached hydrogens (tertiary/aromatic N) is 4. The maximum absolute atomic E-state index is 13.5. The van der Waals surface area contributed by atoms with Crippen LogP contribution in [0.4, 0.5) is 11.5 Å². The van der Waals surface area contributed by atoms with E-state index in [1.54, 1.807) is 10.6 Å². The summed E-state index contributed by atoms with van der Waals surface area (Å²) in [5, 5.41) is 6.18. The van der Waals surface area contributed by atoms with Gasteiger partial charge in [0.2, 0.25) is 10.0 Å². The largest absolute Gasteiger partial charge is 0.335 e. The predicted octanol–water partition coefficient (Wildman–Crippen LogP) is 1.33. The standard InChI is InChI=1S/C20H24N6O4S/c1-12-8-14(19(28)26-16(12)18(27)24-20(26)6-4-3-5-7-20)23-17-13-9-25(31(2,29)30)10-15(13)21-11-22-17/h8,11H,3-7,9-10H2,1-2H3,(H,24,27)(H,21,22,23). The first-order chi connectivity index (χ1) is 14.7. The molecule has 1 saturated carbocycles. The van der Waals surface area contributed by atoms with Gasteiger partial charge in [-0.2, -0.15) is 4.31 Å². The van der Waals surface area contributed by atoms with Gasteiger partial charge in [-0.3, -0.25) is 14.2 Å². The zero-order chi connectivity index (χ0) is 22.0. The van der Waals surface area contributed by atoms with Crippen molar-refractivity contribution < 1.29 is 13.2 Å². The van der Waals surface area contributed by atoms with Gasteiger partial charge in [-0.25, -0.2) is 18.4 Å². The Kier molecular flexibility index (Phi) is 4.45. The maximum atomic E-state index is 13.5. The molecule has 0 bridgehead atoms. The molecule has 0 aromatic carbocycles. The number of aromatic nitrogens is 3. The Bertz CT molecular complexity index is 1260. The second-order valence-electron chi connectivity index (χ2n) is 8.58. The van der Waals surface area contributed by atoms with Crippen LogP contribution in [-0.2, 0) is 28.8 Å². The average molecular weight is 445 g/mol. The number of carbonyl (C=O) groups is 1. The molecule has 2 aromatic rings. The van der Waals surface area contributed by atoms with Gasteiger partial charge in [0, 0.05) is 12.1 Å². The smallest absolute Gasteiger partial charge is 0.276 e. The lowest BCUT2D eigenvalue weighted by Gasteiger charge is -2.35. The third kappa shape index (κ3) is 3.14. The summed E-state index contributed by atoms with van der Waals surface area (Å²) in [6.45, 7) is 2.13.